The first-order chi connectivity index (χ1) is 11.5. The number of hydrogen-bond donors (Lipinski definition) is 1. The van der Waals surface area contributed by atoms with Crippen molar-refractivity contribution in [2.24, 2.45) is 0 Å². The molecule has 1 aliphatic carbocycles. The lowest BCUT2D eigenvalue weighted by atomic mass is 10.3. The minimum Gasteiger partial charge on any atom is -0.484 e. The lowest BCUT2D eigenvalue weighted by Gasteiger charge is -2.16. The molecule has 0 aromatic heterocycles. The van der Waals surface area contributed by atoms with Crippen LogP contribution in [-0.4, -0.2) is 45.0 Å². The Balaban J connectivity index is 1.55. The van der Waals surface area contributed by atoms with Crippen molar-refractivity contribution in [1.82, 2.24) is 9.62 Å². The molecular formula is C17H24N2O4S. The first-order valence-corrected chi connectivity index (χ1v) is 10.1. The third-order valence-corrected chi connectivity index (χ3v) is 6.17. The van der Waals surface area contributed by atoms with Crippen LogP contribution in [0.4, 0.5) is 0 Å². The van der Waals surface area contributed by atoms with Crippen molar-refractivity contribution in [3.63, 3.8) is 0 Å². The van der Waals surface area contributed by atoms with E-state index in [9.17, 15) is 13.2 Å². The number of ether oxygens (including phenoxy) is 1. The number of nitrogens with one attached hydrogen (secondary N) is 1. The second kappa shape index (κ2) is 7.53. The summed E-state index contributed by atoms with van der Waals surface area (Å²) in [6.45, 7) is 1.59. The maximum atomic E-state index is 12.3. The highest BCUT2D eigenvalue weighted by atomic mass is 32.2. The summed E-state index contributed by atoms with van der Waals surface area (Å²) in [5.74, 6) is 0.481. The van der Waals surface area contributed by atoms with Gasteiger partial charge in [0.15, 0.2) is 6.61 Å². The molecule has 1 aromatic carbocycles. The zero-order chi connectivity index (χ0) is 17.0. The molecule has 0 bridgehead atoms. The van der Waals surface area contributed by atoms with Gasteiger partial charge >= 0.3 is 0 Å². The van der Waals surface area contributed by atoms with E-state index in [1.54, 1.807) is 17.0 Å². The molecule has 0 spiro atoms. The lowest BCUT2D eigenvalue weighted by molar-refractivity contribution is -0.132. The zero-order valence-electron chi connectivity index (χ0n) is 13.7. The van der Waals surface area contributed by atoms with Crippen molar-refractivity contribution in [2.45, 2.75) is 49.5 Å². The van der Waals surface area contributed by atoms with Crippen LogP contribution in [0.3, 0.4) is 0 Å². The molecule has 24 heavy (non-hydrogen) atoms. The van der Waals surface area contributed by atoms with Gasteiger partial charge in [-0.1, -0.05) is 12.8 Å². The van der Waals surface area contributed by atoms with Crippen LogP contribution in [0.2, 0.25) is 0 Å². The fourth-order valence-corrected chi connectivity index (χ4v) is 4.55. The van der Waals surface area contributed by atoms with Crippen molar-refractivity contribution >= 4 is 15.9 Å². The zero-order valence-corrected chi connectivity index (χ0v) is 14.6. The normalized spacial score (nSPS) is 18.9. The molecule has 6 nitrogen and oxygen atoms in total. The Hall–Kier alpha value is -1.60. The van der Waals surface area contributed by atoms with E-state index >= 15 is 0 Å². The predicted molar refractivity (Wildman–Crippen MR) is 90.3 cm³/mol. The van der Waals surface area contributed by atoms with E-state index in [2.05, 4.69) is 4.72 Å². The number of rotatable bonds is 6. The van der Waals surface area contributed by atoms with Crippen molar-refractivity contribution in [3.05, 3.63) is 24.3 Å². The maximum absolute atomic E-state index is 12.3. The standard InChI is InChI=1S/C17H24N2O4S/c20-17(19-11-3-4-12-19)13-23-15-7-9-16(10-8-15)24(21,22)18-14-5-1-2-6-14/h7-10,14,18H,1-6,11-13H2. The van der Waals surface area contributed by atoms with Crippen LogP contribution < -0.4 is 9.46 Å². The predicted octanol–water partition coefficient (Wildman–Crippen LogP) is 1.91. The van der Waals surface area contributed by atoms with Gasteiger partial charge in [0.1, 0.15) is 5.75 Å². The molecule has 0 radical (unpaired) electrons. The van der Waals surface area contributed by atoms with Crippen LogP contribution in [0.15, 0.2) is 29.2 Å². The summed E-state index contributed by atoms with van der Waals surface area (Å²) in [6, 6.07) is 6.28. The Morgan fingerprint density at radius 2 is 1.71 bits per heavy atom. The SMILES string of the molecule is O=C(COc1ccc(S(=O)(=O)NC2CCCC2)cc1)N1CCCC1. The van der Waals surface area contributed by atoms with Crippen LogP contribution >= 0.6 is 0 Å². The van der Waals surface area contributed by atoms with E-state index in [4.69, 9.17) is 4.74 Å². The van der Waals surface area contributed by atoms with Gasteiger partial charge in [0.2, 0.25) is 10.0 Å². The number of benzene rings is 1. The second-order valence-electron chi connectivity index (χ2n) is 6.45. The average Bonchev–Trinajstić information content (AvgIpc) is 3.26. The lowest BCUT2D eigenvalue weighted by Crippen LogP contribution is -2.32. The first kappa shape index (κ1) is 17.2. The molecule has 132 valence electrons. The van der Waals surface area contributed by atoms with Gasteiger partial charge in [0.05, 0.1) is 4.90 Å². The van der Waals surface area contributed by atoms with Crippen molar-refractivity contribution in [3.8, 4) is 5.75 Å². The maximum Gasteiger partial charge on any atom is 0.260 e. The molecule has 1 saturated heterocycles. The van der Waals surface area contributed by atoms with Crippen molar-refractivity contribution in [2.75, 3.05) is 19.7 Å². The second-order valence-corrected chi connectivity index (χ2v) is 8.16. The van der Waals surface area contributed by atoms with E-state index in [1.165, 1.54) is 12.1 Å². The van der Waals surface area contributed by atoms with Crippen LogP contribution in [0.25, 0.3) is 0 Å². The Bertz CT molecular complexity index is 660. The topological polar surface area (TPSA) is 75.7 Å². The molecule has 1 amide bonds. The molecule has 1 saturated carbocycles. The Morgan fingerprint density at radius 1 is 1.08 bits per heavy atom. The number of carbonyl (C=O) groups excluding carboxylic acids is 1. The number of sulfonamides is 1. The van der Waals surface area contributed by atoms with Crippen molar-refractivity contribution in [1.29, 1.82) is 0 Å². The molecule has 3 rings (SSSR count). The van der Waals surface area contributed by atoms with Gasteiger partial charge in [-0.15, -0.1) is 0 Å². The number of likely N-dealkylation sites (tertiary alicyclic amines) is 1. The summed E-state index contributed by atoms with van der Waals surface area (Å²) in [5, 5.41) is 0. The number of carbonyl (C=O) groups is 1. The van der Waals surface area contributed by atoms with Crippen LogP contribution in [-0.2, 0) is 14.8 Å². The smallest absolute Gasteiger partial charge is 0.260 e. The summed E-state index contributed by atoms with van der Waals surface area (Å²) >= 11 is 0. The number of nitrogens with zero attached hydrogens (tertiary/aromatic N) is 1. The molecule has 0 atom stereocenters. The third kappa shape index (κ3) is 4.27. The fourth-order valence-electron chi connectivity index (χ4n) is 3.25. The van der Waals surface area contributed by atoms with Gasteiger partial charge in [-0.3, -0.25) is 4.79 Å². The van der Waals surface area contributed by atoms with E-state index in [0.717, 1.165) is 51.6 Å². The molecule has 1 N–H and O–H groups in total. The fraction of sp³-hybridized carbons (Fsp3) is 0.588. The van der Waals surface area contributed by atoms with E-state index in [0.29, 0.717) is 5.75 Å². The van der Waals surface area contributed by atoms with E-state index < -0.39 is 10.0 Å². The average molecular weight is 352 g/mol. The third-order valence-electron chi connectivity index (χ3n) is 4.63. The highest BCUT2D eigenvalue weighted by Crippen LogP contribution is 2.21. The van der Waals surface area contributed by atoms with E-state index in [-0.39, 0.29) is 23.5 Å². The van der Waals surface area contributed by atoms with Crippen molar-refractivity contribution < 1.29 is 17.9 Å². The highest BCUT2D eigenvalue weighted by Gasteiger charge is 2.23. The summed E-state index contributed by atoms with van der Waals surface area (Å²) < 4.78 is 32.9. The molecule has 2 aliphatic rings. The van der Waals surface area contributed by atoms with Gasteiger partial charge in [-0.05, 0) is 49.9 Å². The van der Waals surface area contributed by atoms with Gasteiger partial charge < -0.3 is 9.64 Å². The number of hydrogen-bond acceptors (Lipinski definition) is 4. The Labute approximate surface area is 143 Å². The van der Waals surface area contributed by atoms with Gasteiger partial charge in [0.25, 0.3) is 5.91 Å². The largest absolute Gasteiger partial charge is 0.484 e. The summed E-state index contributed by atoms with van der Waals surface area (Å²) in [7, 11) is -3.49. The van der Waals surface area contributed by atoms with Gasteiger partial charge in [0, 0.05) is 19.1 Å². The molecule has 2 fully saturated rings. The van der Waals surface area contributed by atoms with Crippen LogP contribution in [0.1, 0.15) is 38.5 Å². The van der Waals surface area contributed by atoms with Crippen LogP contribution in [0.5, 0.6) is 5.75 Å². The molecular weight excluding hydrogens is 328 g/mol. The molecule has 1 heterocycles. The molecule has 7 heteroatoms. The Morgan fingerprint density at radius 3 is 2.33 bits per heavy atom. The number of amides is 1. The quantitative estimate of drug-likeness (QED) is 0.848. The minimum absolute atomic E-state index is 0.00752. The van der Waals surface area contributed by atoms with Gasteiger partial charge in [-0.2, -0.15) is 0 Å². The van der Waals surface area contributed by atoms with Crippen LogP contribution in [0, 0.1) is 0 Å². The molecule has 1 aromatic rings. The molecule has 0 unspecified atom stereocenters. The summed E-state index contributed by atoms with van der Waals surface area (Å²) in [4.78, 5) is 14.0. The molecule has 1 aliphatic heterocycles. The monoisotopic (exact) mass is 352 g/mol. The Kier molecular flexibility index (Phi) is 5.40. The summed E-state index contributed by atoms with van der Waals surface area (Å²) in [5.41, 5.74) is 0. The first-order valence-electron chi connectivity index (χ1n) is 8.57. The van der Waals surface area contributed by atoms with E-state index in [1.807, 2.05) is 0 Å². The highest BCUT2D eigenvalue weighted by molar-refractivity contribution is 7.89. The van der Waals surface area contributed by atoms with Gasteiger partial charge in [-0.25, -0.2) is 13.1 Å². The summed E-state index contributed by atoms with van der Waals surface area (Å²) in [6.07, 6.45) is 6.05. The minimum atomic E-state index is -3.49.